The number of allylic oxidation sites excluding steroid dienone is 15. The van der Waals surface area contributed by atoms with Crippen LogP contribution in [0.1, 0.15) is 94.9 Å². The fourth-order valence-corrected chi connectivity index (χ4v) is 6.21. The smallest absolute Gasteiger partial charge is 0.0586 e. The number of hydrogen-bond acceptors (Lipinski definition) is 2. The SMILES string of the molecule is CC1=C(C#C/C(C)=C/C=C/C(C)=C/C=C/C=C(C)/C=C/C=C(\C)C#C[C@H]2C(C)C[C@@H](O)CC2(C)C)C(C)(C)C[C@H](O)C1. The summed E-state index contributed by atoms with van der Waals surface area (Å²) in [6.45, 7) is 21.3. The molecule has 1 saturated carbocycles. The lowest BCUT2D eigenvalue weighted by Crippen LogP contribution is -2.39. The minimum atomic E-state index is -0.261. The Kier molecular flexibility index (Phi) is 13.4. The molecular weight excluding hydrogens is 512 g/mol. The first kappa shape index (κ1) is 35.2. The summed E-state index contributed by atoms with van der Waals surface area (Å²) in [5, 5.41) is 20.2. The molecule has 2 aliphatic carbocycles. The highest BCUT2D eigenvalue weighted by molar-refractivity contribution is 5.45. The Morgan fingerprint density at radius 2 is 1.31 bits per heavy atom. The average molecular weight is 567 g/mol. The minimum Gasteiger partial charge on any atom is -0.393 e. The zero-order valence-corrected chi connectivity index (χ0v) is 27.8. The van der Waals surface area contributed by atoms with Crippen molar-refractivity contribution in [1.29, 1.82) is 0 Å². The second kappa shape index (κ2) is 16.0. The van der Waals surface area contributed by atoms with Crippen LogP contribution in [-0.4, -0.2) is 22.4 Å². The van der Waals surface area contributed by atoms with Gasteiger partial charge in [-0.3, -0.25) is 0 Å². The number of hydrogen-bond donors (Lipinski definition) is 2. The molecular formula is C40H54O2. The van der Waals surface area contributed by atoms with Gasteiger partial charge in [-0.25, -0.2) is 0 Å². The summed E-state index contributed by atoms with van der Waals surface area (Å²) in [4.78, 5) is 0. The van der Waals surface area contributed by atoms with Crippen molar-refractivity contribution >= 4 is 0 Å². The van der Waals surface area contributed by atoms with Gasteiger partial charge in [0.15, 0.2) is 0 Å². The normalized spacial score (nSPS) is 27.3. The van der Waals surface area contributed by atoms with Gasteiger partial charge in [0.2, 0.25) is 0 Å². The first-order valence-electron chi connectivity index (χ1n) is 15.4. The summed E-state index contributed by atoms with van der Waals surface area (Å²) >= 11 is 0. The zero-order valence-electron chi connectivity index (χ0n) is 27.8. The van der Waals surface area contributed by atoms with Crippen molar-refractivity contribution in [2.24, 2.45) is 22.7 Å². The van der Waals surface area contributed by atoms with E-state index in [1.165, 1.54) is 16.7 Å². The molecule has 2 rings (SSSR count). The van der Waals surface area contributed by atoms with Gasteiger partial charge < -0.3 is 10.2 Å². The molecule has 0 aromatic rings. The second-order valence-corrected chi connectivity index (χ2v) is 13.8. The van der Waals surface area contributed by atoms with Crippen LogP contribution in [0.25, 0.3) is 0 Å². The summed E-state index contributed by atoms with van der Waals surface area (Å²) < 4.78 is 0. The molecule has 226 valence electrons. The molecule has 2 N–H and O–H groups in total. The summed E-state index contributed by atoms with van der Waals surface area (Å²) in [6.07, 6.45) is 23.4. The van der Waals surface area contributed by atoms with E-state index in [0.717, 1.165) is 42.4 Å². The predicted molar refractivity (Wildman–Crippen MR) is 181 cm³/mol. The van der Waals surface area contributed by atoms with Crippen LogP contribution in [-0.2, 0) is 0 Å². The molecule has 0 saturated heterocycles. The molecule has 0 spiro atoms. The average Bonchev–Trinajstić information content (AvgIpc) is 2.84. The van der Waals surface area contributed by atoms with E-state index < -0.39 is 0 Å². The Morgan fingerprint density at radius 1 is 0.762 bits per heavy atom. The maximum Gasteiger partial charge on any atom is 0.0586 e. The molecule has 42 heavy (non-hydrogen) atoms. The van der Waals surface area contributed by atoms with Gasteiger partial charge in [0.05, 0.1) is 12.2 Å². The molecule has 2 nitrogen and oxygen atoms in total. The van der Waals surface area contributed by atoms with E-state index in [0.29, 0.717) is 11.8 Å². The standard InChI is InChI=1S/C40H54O2/c1-29(17-13-19-31(3)21-23-37-33(5)25-35(41)27-39(37,7)8)15-11-12-16-30(2)18-14-20-32(4)22-24-38-34(6)26-36(42)28-40(38,9)10/h11-20,33,35-37,41-42H,25-28H2,1-10H3/b12-11+,17-13+,18-14+,29-15+,30-16+,31-19+,32-20+/t33?,35-,36-,37+/m1/s1. The minimum absolute atomic E-state index is 0.0364. The lowest BCUT2D eigenvalue weighted by atomic mass is 9.63. The lowest BCUT2D eigenvalue weighted by molar-refractivity contribution is 0.0113. The van der Waals surface area contributed by atoms with Crippen molar-refractivity contribution in [2.45, 2.75) is 107 Å². The van der Waals surface area contributed by atoms with E-state index in [9.17, 15) is 10.2 Å². The van der Waals surface area contributed by atoms with E-state index >= 15 is 0 Å². The topological polar surface area (TPSA) is 40.5 Å². The van der Waals surface area contributed by atoms with Crippen molar-refractivity contribution in [3.8, 4) is 23.7 Å². The third-order valence-corrected chi connectivity index (χ3v) is 8.26. The summed E-state index contributed by atoms with van der Waals surface area (Å²) in [7, 11) is 0. The van der Waals surface area contributed by atoms with E-state index in [2.05, 4.69) is 135 Å². The summed E-state index contributed by atoms with van der Waals surface area (Å²) in [5.41, 5.74) is 6.72. The maximum absolute atomic E-state index is 10.1. The summed E-state index contributed by atoms with van der Waals surface area (Å²) in [6, 6.07) is 0. The monoisotopic (exact) mass is 566 g/mol. The van der Waals surface area contributed by atoms with Crippen LogP contribution in [0.15, 0.2) is 94.2 Å². The van der Waals surface area contributed by atoms with Crippen molar-refractivity contribution in [3.63, 3.8) is 0 Å². The van der Waals surface area contributed by atoms with Gasteiger partial charge in [0, 0.05) is 16.9 Å². The molecule has 0 bridgehead atoms. The predicted octanol–water partition coefficient (Wildman–Crippen LogP) is 9.38. The molecule has 2 aliphatic rings. The van der Waals surface area contributed by atoms with Gasteiger partial charge in [-0.2, -0.15) is 0 Å². The molecule has 0 aromatic carbocycles. The number of rotatable bonds is 6. The molecule has 0 heterocycles. The van der Waals surface area contributed by atoms with Gasteiger partial charge in [0.25, 0.3) is 0 Å². The van der Waals surface area contributed by atoms with Crippen LogP contribution < -0.4 is 0 Å². The molecule has 0 aromatic heterocycles. The third-order valence-electron chi connectivity index (χ3n) is 8.26. The Balaban J connectivity index is 1.91. The van der Waals surface area contributed by atoms with Crippen LogP contribution in [0.2, 0.25) is 0 Å². The highest BCUT2D eigenvalue weighted by Crippen LogP contribution is 2.43. The van der Waals surface area contributed by atoms with Gasteiger partial charge >= 0.3 is 0 Å². The van der Waals surface area contributed by atoms with Crippen LogP contribution >= 0.6 is 0 Å². The van der Waals surface area contributed by atoms with Crippen molar-refractivity contribution in [2.75, 3.05) is 0 Å². The van der Waals surface area contributed by atoms with E-state index in [1.54, 1.807) is 0 Å². The van der Waals surface area contributed by atoms with Crippen LogP contribution in [0, 0.1) is 46.3 Å². The first-order valence-corrected chi connectivity index (χ1v) is 15.4. The Labute approximate surface area is 257 Å². The fourth-order valence-electron chi connectivity index (χ4n) is 6.21. The van der Waals surface area contributed by atoms with Gasteiger partial charge in [-0.1, -0.05) is 136 Å². The Hall–Kier alpha value is -3.04. The quantitative estimate of drug-likeness (QED) is 0.248. The Morgan fingerprint density at radius 3 is 1.83 bits per heavy atom. The van der Waals surface area contributed by atoms with Gasteiger partial charge in [0.1, 0.15) is 0 Å². The van der Waals surface area contributed by atoms with E-state index in [1.807, 2.05) is 19.1 Å². The molecule has 0 amide bonds. The fraction of sp³-hybridized carbons (Fsp3) is 0.500. The number of aliphatic hydroxyl groups is 2. The molecule has 0 radical (unpaired) electrons. The molecule has 1 fully saturated rings. The van der Waals surface area contributed by atoms with Crippen molar-refractivity contribution in [1.82, 2.24) is 0 Å². The number of aliphatic hydroxyl groups excluding tert-OH is 2. The van der Waals surface area contributed by atoms with Gasteiger partial charge in [-0.15, -0.1) is 0 Å². The Bertz CT molecular complexity index is 1320. The van der Waals surface area contributed by atoms with Gasteiger partial charge in [-0.05, 0) is 82.8 Å². The molecule has 0 aliphatic heterocycles. The maximum atomic E-state index is 10.1. The third kappa shape index (κ3) is 11.7. The van der Waals surface area contributed by atoms with Crippen molar-refractivity contribution < 1.29 is 10.2 Å². The summed E-state index contributed by atoms with van der Waals surface area (Å²) in [5.74, 6) is 14.2. The van der Waals surface area contributed by atoms with Crippen LogP contribution in [0.4, 0.5) is 0 Å². The van der Waals surface area contributed by atoms with Crippen LogP contribution in [0.5, 0.6) is 0 Å². The highest BCUT2D eigenvalue weighted by Gasteiger charge is 2.39. The molecule has 1 unspecified atom stereocenters. The largest absolute Gasteiger partial charge is 0.393 e. The first-order chi connectivity index (χ1) is 19.6. The second-order valence-electron chi connectivity index (χ2n) is 13.8. The van der Waals surface area contributed by atoms with E-state index in [4.69, 9.17) is 0 Å². The molecule has 4 atom stereocenters. The van der Waals surface area contributed by atoms with Crippen molar-refractivity contribution in [3.05, 3.63) is 94.2 Å². The van der Waals surface area contributed by atoms with Crippen LogP contribution in [0.3, 0.4) is 0 Å². The zero-order chi connectivity index (χ0) is 31.5. The highest BCUT2D eigenvalue weighted by atomic mass is 16.3. The van der Waals surface area contributed by atoms with E-state index in [-0.39, 0.29) is 23.0 Å². The molecule has 2 heteroatoms. The lowest BCUT2D eigenvalue weighted by Gasteiger charge is -2.42.